The predicted molar refractivity (Wildman–Crippen MR) is 64.6 cm³/mol. The van der Waals surface area contributed by atoms with Crippen LogP contribution in [0.2, 0.25) is 0 Å². The van der Waals surface area contributed by atoms with Crippen molar-refractivity contribution in [1.82, 2.24) is 0 Å². The number of hydrogen-bond donors (Lipinski definition) is 1. The molecule has 0 aliphatic heterocycles. The maximum absolute atomic E-state index is 5.59. The van der Waals surface area contributed by atoms with Crippen LogP contribution < -0.4 is 5.73 Å². The molecule has 0 fully saturated rings. The molecule has 2 N–H and O–H groups in total. The third-order valence-corrected chi connectivity index (χ3v) is 3.75. The molecule has 3 heteroatoms. The predicted octanol–water partition coefficient (Wildman–Crippen LogP) is 3.11. The van der Waals surface area contributed by atoms with Gasteiger partial charge in [-0.1, -0.05) is 6.92 Å². The minimum atomic E-state index is 0.840. The van der Waals surface area contributed by atoms with Crippen molar-refractivity contribution >= 4 is 29.2 Å². The van der Waals surface area contributed by atoms with Gasteiger partial charge in [-0.2, -0.15) is 11.8 Å². The van der Waals surface area contributed by atoms with Crippen molar-refractivity contribution < 1.29 is 0 Å². The topological polar surface area (TPSA) is 26.0 Å². The molecule has 0 saturated carbocycles. The average Bonchev–Trinajstić information content (AvgIpc) is 2.15. The number of benzene rings is 1. The van der Waals surface area contributed by atoms with Gasteiger partial charge in [0.15, 0.2) is 0 Å². The van der Waals surface area contributed by atoms with E-state index < -0.39 is 0 Å². The molecule has 1 nitrogen and oxygen atoms in total. The molecule has 0 heterocycles. The van der Waals surface area contributed by atoms with E-state index >= 15 is 0 Å². The largest absolute Gasteiger partial charge is 0.399 e. The first-order valence-electron chi connectivity index (χ1n) is 4.39. The highest BCUT2D eigenvalue weighted by molar-refractivity contribution is 8.02. The van der Waals surface area contributed by atoms with E-state index in [1.54, 1.807) is 0 Å². The summed E-state index contributed by atoms with van der Waals surface area (Å²) in [6.07, 6.45) is 0. The molecule has 0 bridgehead atoms. The lowest BCUT2D eigenvalue weighted by Gasteiger charge is -2.00. The molecule has 0 aromatic heterocycles. The van der Waals surface area contributed by atoms with Crippen LogP contribution in [0.15, 0.2) is 29.2 Å². The first kappa shape index (κ1) is 10.8. The number of thioether (sulfide) groups is 2. The normalized spacial score (nSPS) is 10.2. The highest BCUT2D eigenvalue weighted by atomic mass is 32.2. The number of nitrogens with two attached hydrogens (primary N) is 1. The summed E-state index contributed by atoms with van der Waals surface area (Å²) in [6, 6.07) is 8.07. The van der Waals surface area contributed by atoms with Gasteiger partial charge in [0.05, 0.1) is 0 Å². The first-order chi connectivity index (χ1) is 6.33. The van der Waals surface area contributed by atoms with Gasteiger partial charge in [0.1, 0.15) is 0 Å². The first-order valence-corrected chi connectivity index (χ1v) is 6.53. The zero-order chi connectivity index (χ0) is 9.52. The third-order valence-electron chi connectivity index (χ3n) is 1.58. The van der Waals surface area contributed by atoms with Crippen LogP contribution in [0.3, 0.4) is 0 Å². The Morgan fingerprint density at radius 3 is 2.46 bits per heavy atom. The zero-order valence-electron chi connectivity index (χ0n) is 7.82. The summed E-state index contributed by atoms with van der Waals surface area (Å²) in [5.41, 5.74) is 6.43. The van der Waals surface area contributed by atoms with Crippen LogP contribution in [-0.4, -0.2) is 17.3 Å². The fraction of sp³-hybridized carbons (Fsp3) is 0.400. The van der Waals surface area contributed by atoms with E-state index in [9.17, 15) is 0 Å². The maximum Gasteiger partial charge on any atom is 0.0314 e. The minimum Gasteiger partial charge on any atom is -0.399 e. The Morgan fingerprint density at radius 2 is 1.85 bits per heavy atom. The summed E-state index contributed by atoms with van der Waals surface area (Å²) in [6.45, 7) is 2.19. The summed E-state index contributed by atoms with van der Waals surface area (Å²) in [4.78, 5) is 1.31. The summed E-state index contributed by atoms with van der Waals surface area (Å²) in [5.74, 6) is 3.62. The molecule has 1 aromatic carbocycles. The van der Waals surface area contributed by atoms with Gasteiger partial charge in [0.25, 0.3) is 0 Å². The van der Waals surface area contributed by atoms with E-state index in [-0.39, 0.29) is 0 Å². The molecule has 0 atom stereocenters. The second kappa shape index (κ2) is 6.22. The summed E-state index contributed by atoms with van der Waals surface area (Å²) >= 11 is 3.88. The second-order valence-electron chi connectivity index (χ2n) is 2.61. The summed E-state index contributed by atoms with van der Waals surface area (Å²) in [5, 5.41) is 0. The summed E-state index contributed by atoms with van der Waals surface area (Å²) in [7, 11) is 0. The van der Waals surface area contributed by atoms with Gasteiger partial charge in [-0.15, -0.1) is 11.8 Å². The Labute approximate surface area is 88.5 Å². The standard InChI is InChI=1S/C10H15NS2/c1-2-12-7-8-13-10-5-3-9(11)4-6-10/h3-6H,2,7-8,11H2,1H3. The lowest BCUT2D eigenvalue weighted by molar-refractivity contribution is 1.43. The monoisotopic (exact) mass is 213 g/mol. The van der Waals surface area contributed by atoms with Crippen LogP contribution in [0.1, 0.15) is 6.92 Å². The molecule has 0 aliphatic rings. The van der Waals surface area contributed by atoms with Gasteiger partial charge < -0.3 is 5.73 Å². The molecule has 1 aromatic rings. The molecule has 0 unspecified atom stereocenters. The van der Waals surface area contributed by atoms with Crippen molar-refractivity contribution in [1.29, 1.82) is 0 Å². The van der Waals surface area contributed by atoms with Gasteiger partial charge in [-0.05, 0) is 30.0 Å². The Kier molecular flexibility index (Phi) is 5.16. The summed E-state index contributed by atoms with van der Waals surface area (Å²) < 4.78 is 0. The van der Waals surface area contributed by atoms with E-state index in [1.165, 1.54) is 22.2 Å². The van der Waals surface area contributed by atoms with Crippen molar-refractivity contribution in [3.8, 4) is 0 Å². The molecular weight excluding hydrogens is 198 g/mol. The average molecular weight is 213 g/mol. The zero-order valence-corrected chi connectivity index (χ0v) is 9.46. The van der Waals surface area contributed by atoms with E-state index in [0.717, 1.165) is 5.69 Å². The van der Waals surface area contributed by atoms with Crippen LogP contribution in [0, 0.1) is 0 Å². The maximum atomic E-state index is 5.59. The third kappa shape index (κ3) is 4.48. The molecule has 0 saturated heterocycles. The molecule has 1 rings (SSSR count). The highest BCUT2D eigenvalue weighted by Crippen LogP contribution is 2.20. The van der Waals surface area contributed by atoms with Crippen LogP contribution in [-0.2, 0) is 0 Å². The molecule has 13 heavy (non-hydrogen) atoms. The molecule has 0 aliphatic carbocycles. The van der Waals surface area contributed by atoms with E-state index in [0.29, 0.717) is 0 Å². The quantitative estimate of drug-likeness (QED) is 0.462. The number of anilines is 1. The number of nitrogen functional groups attached to an aromatic ring is 1. The lowest BCUT2D eigenvalue weighted by Crippen LogP contribution is -1.86. The van der Waals surface area contributed by atoms with Crippen molar-refractivity contribution in [2.75, 3.05) is 23.0 Å². The van der Waals surface area contributed by atoms with Crippen LogP contribution in [0.4, 0.5) is 5.69 Å². The van der Waals surface area contributed by atoms with Gasteiger partial charge >= 0.3 is 0 Å². The van der Waals surface area contributed by atoms with Gasteiger partial charge in [0, 0.05) is 22.1 Å². The van der Waals surface area contributed by atoms with Crippen LogP contribution in [0.5, 0.6) is 0 Å². The van der Waals surface area contributed by atoms with Crippen molar-refractivity contribution in [2.24, 2.45) is 0 Å². The molecule has 0 radical (unpaired) electrons. The fourth-order valence-electron chi connectivity index (χ4n) is 0.927. The second-order valence-corrected chi connectivity index (χ2v) is 5.18. The Bertz CT molecular complexity index is 233. The Hall–Kier alpha value is -0.280. The van der Waals surface area contributed by atoms with Crippen molar-refractivity contribution in [3.63, 3.8) is 0 Å². The van der Waals surface area contributed by atoms with E-state index in [2.05, 4.69) is 19.1 Å². The lowest BCUT2D eigenvalue weighted by atomic mass is 10.3. The smallest absolute Gasteiger partial charge is 0.0314 e. The van der Waals surface area contributed by atoms with Crippen molar-refractivity contribution in [2.45, 2.75) is 11.8 Å². The van der Waals surface area contributed by atoms with Gasteiger partial charge in [-0.25, -0.2) is 0 Å². The van der Waals surface area contributed by atoms with Crippen LogP contribution in [0.25, 0.3) is 0 Å². The fourth-order valence-corrected chi connectivity index (χ4v) is 2.58. The van der Waals surface area contributed by atoms with Crippen LogP contribution >= 0.6 is 23.5 Å². The molecular formula is C10H15NS2. The highest BCUT2D eigenvalue weighted by Gasteiger charge is 1.93. The van der Waals surface area contributed by atoms with Gasteiger partial charge in [0.2, 0.25) is 0 Å². The van der Waals surface area contributed by atoms with Gasteiger partial charge in [-0.3, -0.25) is 0 Å². The van der Waals surface area contributed by atoms with Crippen molar-refractivity contribution in [3.05, 3.63) is 24.3 Å². The Morgan fingerprint density at radius 1 is 1.15 bits per heavy atom. The molecule has 0 amide bonds. The van der Waals surface area contributed by atoms with E-state index in [4.69, 9.17) is 5.73 Å². The van der Waals surface area contributed by atoms with E-state index in [1.807, 2.05) is 35.7 Å². The number of hydrogen-bond acceptors (Lipinski definition) is 3. The SMILES string of the molecule is CCSCCSc1ccc(N)cc1. The number of rotatable bonds is 5. The molecule has 72 valence electrons. The Balaban J connectivity index is 2.25. The minimum absolute atomic E-state index is 0.840. The molecule has 0 spiro atoms.